The molecule has 0 aromatic carbocycles. The molecule has 80 valence electrons. The molecule has 0 saturated heterocycles. The van der Waals surface area contributed by atoms with Crippen molar-refractivity contribution in [3.63, 3.8) is 0 Å². The van der Waals surface area contributed by atoms with Crippen molar-refractivity contribution in [3.05, 3.63) is 22.7 Å². The van der Waals surface area contributed by atoms with E-state index in [4.69, 9.17) is 0 Å². The minimum atomic E-state index is -0.00269. The van der Waals surface area contributed by atoms with Crippen LogP contribution in [-0.2, 0) is 4.79 Å². The number of amides is 1. The quantitative estimate of drug-likeness (QED) is 0.797. The predicted octanol–water partition coefficient (Wildman–Crippen LogP) is 2.22. The van der Waals surface area contributed by atoms with Crippen LogP contribution in [0.1, 0.15) is 30.7 Å². The Morgan fingerprint density at radius 2 is 2.33 bits per heavy atom. The second kappa shape index (κ2) is 5.07. The van der Waals surface area contributed by atoms with E-state index in [0.29, 0.717) is 6.04 Å². The molecule has 1 heterocycles. The third kappa shape index (κ3) is 3.16. The first-order chi connectivity index (χ1) is 7.34. The highest BCUT2D eigenvalue weighted by atomic mass is 32.1. The second-order valence-electron chi connectivity index (χ2n) is 3.69. The molecule has 4 heteroatoms. The van der Waals surface area contributed by atoms with Crippen molar-refractivity contribution in [2.24, 2.45) is 0 Å². The molecule has 0 aliphatic heterocycles. The van der Waals surface area contributed by atoms with Crippen LogP contribution in [-0.4, -0.2) is 16.9 Å². The van der Waals surface area contributed by atoms with Gasteiger partial charge in [-0.1, -0.05) is 12.8 Å². The fourth-order valence-electron chi connectivity index (χ4n) is 1.78. The SMILES string of the molecule is O=C(/C=C/c1nccs1)NC1CCCC1. The average Bonchev–Trinajstić information content (AvgIpc) is 2.86. The summed E-state index contributed by atoms with van der Waals surface area (Å²) in [6.45, 7) is 0. The predicted molar refractivity (Wildman–Crippen MR) is 61.5 cm³/mol. The minimum Gasteiger partial charge on any atom is -0.350 e. The van der Waals surface area contributed by atoms with Crippen molar-refractivity contribution in [1.29, 1.82) is 0 Å². The average molecular weight is 222 g/mol. The Hall–Kier alpha value is -1.16. The summed E-state index contributed by atoms with van der Waals surface area (Å²) >= 11 is 1.53. The van der Waals surface area contributed by atoms with E-state index in [1.54, 1.807) is 18.3 Å². The molecule has 0 radical (unpaired) electrons. The van der Waals surface area contributed by atoms with Crippen molar-refractivity contribution in [3.8, 4) is 0 Å². The van der Waals surface area contributed by atoms with Crippen molar-refractivity contribution < 1.29 is 4.79 Å². The summed E-state index contributed by atoms with van der Waals surface area (Å²) in [5, 5.41) is 5.76. The maximum atomic E-state index is 11.5. The summed E-state index contributed by atoms with van der Waals surface area (Å²) in [4.78, 5) is 15.5. The first-order valence-corrected chi connectivity index (χ1v) is 6.10. The first-order valence-electron chi connectivity index (χ1n) is 5.22. The standard InChI is InChI=1S/C11H14N2OS/c14-10(13-9-3-1-2-4-9)5-6-11-12-7-8-15-11/h5-9H,1-4H2,(H,13,14)/b6-5+. The molecule has 15 heavy (non-hydrogen) atoms. The van der Waals surface area contributed by atoms with E-state index in [9.17, 15) is 4.79 Å². The van der Waals surface area contributed by atoms with Crippen LogP contribution in [0.15, 0.2) is 17.7 Å². The Balaban J connectivity index is 1.81. The van der Waals surface area contributed by atoms with E-state index in [1.807, 2.05) is 5.38 Å². The van der Waals surface area contributed by atoms with Crippen LogP contribution in [0.2, 0.25) is 0 Å². The van der Waals surface area contributed by atoms with Crippen molar-refractivity contribution >= 4 is 23.3 Å². The van der Waals surface area contributed by atoms with Gasteiger partial charge in [0.05, 0.1) is 0 Å². The van der Waals surface area contributed by atoms with E-state index in [2.05, 4.69) is 10.3 Å². The van der Waals surface area contributed by atoms with Crippen molar-refractivity contribution in [2.45, 2.75) is 31.7 Å². The van der Waals surface area contributed by atoms with Gasteiger partial charge >= 0.3 is 0 Å². The number of aromatic nitrogens is 1. The molecule has 1 aromatic heterocycles. The lowest BCUT2D eigenvalue weighted by molar-refractivity contribution is -0.117. The summed E-state index contributed by atoms with van der Waals surface area (Å²) in [7, 11) is 0. The van der Waals surface area contributed by atoms with Gasteiger partial charge in [-0.15, -0.1) is 11.3 Å². The number of nitrogens with zero attached hydrogens (tertiary/aromatic N) is 1. The van der Waals surface area contributed by atoms with Crippen LogP contribution < -0.4 is 5.32 Å². The van der Waals surface area contributed by atoms with Gasteiger partial charge in [0.1, 0.15) is 5.01 Å². The molecule has 1 N–H and O–H groups in total. The maximum absolute atomic E-state index is 11.5. The van der Waals surface area contributed by atoms with E-state index in [-0.39, 0.29) is 5.91 Å². The number of nitrogens with one attached hydrogen (secondary N) is 1. The van der Waals surface area contributed by atoms with Crippen LogP contribution in [0.4, 0.5) is 0 Å². The zero-order valence-corrected chi connectivity index (χ0v) is 9.30. The van der Waals surface area contributed by atoms with Crippen LogP contribution in [0.5, 0.6) is 0 Å². The fraction of sp³-hybridized carbons (Fsp3) is 0.455. The summed E-state index contributed by atoms with van der Waals surface area (Å²) in [6.07, 6.45) is 9.78. The van der Waals surface area contributed by atoms with Gasteiger partial charge in [0.15, 0.2) is 0 Å². The lowest BCUT2D eigenvalue weighted by Crippen LogP contribution is -2.30. The van der Waals surface area contributed by atoms with Gasteiger partial charge in [-0.25, -0.2) is 4.98 Å². The smallest absolute Gasteiger partial charge is 0.244 e. The molecule has 0 unspecified atom stereocenters. The number of carbonyl (C=O) groups excluding carboxylic acids is 1. The molecule has 0 atom stereocenters. The van der Waals surface area contributed by atoms with Crippen molar-refractivity contribution in [2.75, 3.05) is 0 Å². The van der Waals surface area contributed by atoms with E-state index in [0.717, 1.165) is 17.8 Å². The van der Waals surface area contributed by atoms with Crippen LogP contribution in [0.25, 0.3) is 6.08 Å². The highest BCUT2D eigenvalue weighted by Gasteiger charge is 2.15. The molecule has 1 saturated carbocycles. The Morgan fingerprint density at radius 3 is 3.00 bits per heavy atom. The lowest BCUT2D eigenvalue weighted by Gasteiger charge is -2.08. The Morgan fingerprint density at radius 1 is 1.53 bits per heavy atom. The van der Waals surface area contributed by atoms with Gasteiger partial charge in [0.25, 0.3) is 0 Å². The lowest BCUT2D eigenvalue weighted by atomic mass is 10.2. The van der Waals surface area contributed by atoms with Gasteiger partial charge in [0.2, 0.25) is 5.91 Å². The number of hydrogen-bond donors (Lipinski definition) is 1. The van der Waals surface area contributed by atoms with Gasteiger partial charge < -0.3 is 5.32 Å². The van der Waals surface area contributed by atoms with Crippen LogP contribution in [0.3, 0.4) is 0 Å². The molecule has 1 fully saturated rings. The largest absolute Gasteiger partial charge is 0.350 e. The number of hydrogen-bond acceptors (Lipinski definition) is 3. The van der Waals surface area contributed by atoms with Gasteiger partial charge in [-0.05, 0) is 18.9 Å². The summed E-state index contributed by atoms with van der Waals surface area (Å²) < 4.78 is 0. The molecule has 0 spiro atoms. The fourth-order valence-corrected chi connectivity index (χ4v) is 2.31. The third-order valence-electron chi connectivity index (χ3n) is 2.53. The summed E-state index contributed by atoms with van der Waals surface area (Å²) in [5.41, 5.74) is 0. The number of thiazole rings is 1. The molecule has 1 aromatic rings. The van der Waals surface area contributed by atoms with E-state index < -0.39 is 0 Å². The van der Waals surface area contributed by atoms with E-state index >= 15 is 0 Å². The molecule has 3 nitrogen and oxygen atoms in total. The number of rotatable bonds is 3. The topological polar surface area (TPSA) is 42.0 Å². The Bertz CT molecular complexity index is 339. The molecule has 1 aliphatic carbocycles. The molecule has 2 rings (SSSR count). The van der Waals surface area contributed by atoms with Crippen LogP contribution >= 0.6 is 11.3 Å². The second-order valence-corrected chi connectivity index (χ2v) is 4.62. The summed E-state index contributed by atoms with van der Waals surface area (Å²) in [5.74, 6) is -0.00269. The van der Waals surface area contributed by atoms with Gasteiger partial charge in [-0.2, -0.15) is 0 Å². The Labute approximate surface area is 93.2 Å². The minimum absolute atomic E-state index is 0.00269. The molecular formula is C11H14N2OS. The summed E-state index contributed by atoms with van der Waals surface area (Å²) in [6, 6.07) is 0.387. The number of carbonyl (C=O) groups is 1. The molecule has 1 amide bonds. The van der Waals surface area contributed by atoms with Gasteiger partial charge in [0, 0.05) is 23.7 Å². The zero-order chi connectivity index (χ0) is 10.5. The monoisotopic (exact) mass is 222 g/mol. The molecule has 1 aliphatic rings. The highest BCUT2D eigenvalue weighted by Crippen LogP contribution is 2.17. The Kier molecular flexibility index (Phi) is 3.50. The van der Waals surface area contributed by atoms with Crippen LogP contribution in [0, 0.1) is 0 Å². The normalized spacial score (nSPS) is 17.3. The molecular weight excluding hydrogens is 208 g/mol. The third-order valence-corrected chi connectivity index (χ3v) is 3.27. The van der Waals surface area contributed by atoms with Gasteiger partial charge in [-0.3, -0.25) is 4.79 Å². The first kappa shape index (κ1) is 10.4. The molecule has 0 bridgehead atoms. The van der Waals surface area contributed by atoms with Crippen molar-refractivity contribution in [1.82, 2.24) is 10.3 Å². The highest BCUT2D eigenvalue weighted by molar-refractivity contribution is 7.10. The van der Waals surface area contributed by atoms with E-state index in [1.165, 1.54) is 24.2 Å². The zero-order valence-electron chi connectivity index (χ0n) is 8.48. The maximum Gasteiger partial charge on any atom is 0.244 e.